The van der Waals surface area contributed by atoms with Crippen LogP contribution in [0.3, 0.4) is 0 Å². The Kier molecular flexibility index (Phi) is 5.40. The molecule has 2 atom stereocenters. The highest BCUT2D eigenvalue weighted by Gasteiger charge is 2.27. The van der Waals surface area contributed by atoms with Crippen molar-refractivity contribution in [2.24, 2.45) is 11.7 Å². The number of benzene rings is 1. The number of hydrogen-bond acceptors (Lipinski definition) is 3. The largest absolute Gasteiger partial charge is 0.381 e. The summed E-state index contributed by atoms with van der Waals surface area (Å²) in [6, 6.07) is 6.87. The number of nitrogens with two attached hydrogens (primary N) is 1. The van der Waals surface area contributed by atoms with Gasteiger partial charge in [-0.2, -0.15) is 0 Å². The molecule has 5 heteroatoms. The van der Waals surface area contributed by atoms with Crippen molar-refractivity contribution in [3.63, 3.8) is 0 Å². The average molecular weight is 297 g/mol. The van der Waals surface area contributed by atoms with E-state index in [1.54, 1.807) is 0 Å². The summed E-state index contributed by atoms with van der Waals surface area (Å²) in [4.78, 5) is 12.2. The molecule has 1 saturated heterocycles. The minimum atomic E-state index is -0.483. The molecule has 1 aromatic rings. The molecule has 0 aromatic heterocycles. The topological polar surface area (TPSA) is 64.4 Å². The Morgan fingerprint density at radius 2 is 2.05 bits per heavy atom. The normalized spacial score (nSPS) is 19.4. The number of ether oxygens (including phenoxy) is 1. The molecule has 0 saturated carbocycles. The van der Waals surface area contributed by atoms with Gasteiger partial charge in [0.2, 0.25) is 5.91 Å². The number of amides is 1. The van der Waals surface area contributed by atoms with Gasteiger partial charge in [0, 0.05) is 18.2 Å². The van der Waals surface area contributed by atoms with E-state index >= 15 is 0 Å². The van der Waals surface area contributed by atoms with Crippen LogP contribution in [-0.4, -0.2) is 25.2 Å². The molecule has 1 aliphatic heterocycles. The Labute approximate surface area is 124 Å². The SMILES string of the molecule is CC(NC(=O)C(N)C1CCOCC1)c1ccccc1Cl. The van der Waals surface area contributed by atoms with Crippen LogP contribution in [0.25, 0.3) is 0 Å². The maximum absolute atomic E-state index is 12.2. The predicted octanol–water partition coefficient (Wildman–Crippen LogP) is 2.27. The van der Waals surface area contributed by atoms with Gasteiger partial charge in [-0.3, -0.25) is 4.79 Å². The van der Waals surface area contributed by atoms with Gasteiger partial charge >= 0.3 is 0 Å². The first-order chi connectivity index (χ1) is 9.59. The van der Waals surface area contributed by atoms with E-state index in [2.05, 4.69) is 5.32 Å². The zero-order chi connectivity index (χ0) is 14.5. The van der Waals surface area contributed by atoms with Crippen LogP contribution in [0.1, 0.15) is 31.4 Å². The van der Waals surface area contributed by atoms with Crippen LogP contribution in [0.5, 0.6) is 0 Å². The fourth-order valence-electron chi connectivity index (χ4n) is 2.50. The summed E-state index contributed by atoms with van der Waals surface area (Å²) in [5.41, 5.74) is 6.96. The molecule has 4 nitrogen and oxygen atoms in total. The van der Waals surface area contributed by atoms with Gasteiger partial charge in [-0.1, -0.05) is 29.8 Å². The van der Waals surface area contributed by atoms with Crippen molar-refractivity contribution in [1.29, 1.82) is 0 Å². The Morgan fingerprint density at radius 1 is 1.40 bits per heavy atom. The molecule has 0 aliphatic carbocycles. The minimum absolute atomic E-state index is 0.121. The molecule has 1 heterocycles. The molecular weight excluding hydrogens is 276 g/mol. The van der Waals surface area contributed by atoms with E-state index in [-0.39, 0.29) is 17.9 Å². The summed E-state index contributed by atoms with van der Waals surface area (Å²) in [5.74, 6) is 0.0755. The van der Waals surface area contributed by atoms with Crippen molar-refractivity contribution in [1.82, 2.24) is 5.32 Å². The van der Waals surface area contributed by atoms with Crippen molar-refractivity contribution in [3.05, 3.63) is 34.9 Å². The van der Waals surface area contributed by atoms with E-state index in [0.29, 0.717) is 18.2 Å². The fourth-order valence-corrected chi connectivity index (χ4v) is 2.80. The van der Waals surface area contributed by atoms with E-state index in [4.69, 9.17) is 22.1 Å². The molecule has 1 aromatic carbocycles. The Bertz CT molecular complexity index is 461. The van der Waals surface area contributed by atoms with Gasteiger partial charge in [0.15, 0.2) is 0 Å². The minimum Gasteiger partial charge on any atom is -0.381 e. The third-order valence-electron chi connectivity index (χ3n) is 3.81. The van der Waals surface area contributed by atoms with E-state index in [0.717, 1.165) is 18.4 Å². The van der Waals surface area contributed by atoms with E-state index in [1.165, 1.54) is 0 Å². The lowest BCUT2D eigenvalue weighted by atomic mass is 9.91. The van der Waals surface area contributed by atoms with Gasteiger partial charge in [-0.05, 0) is 37.3 Å². The molecule has 1 aliphatic rings. The third kappa shape index (κ3) is 3.72. The summed E-state index contributed by atoms with van der Waals surface area (Å²) in [5, 5.41) is 3.60. The van der Waals surface area contributed by atoms with Crippen LogP contribution >= 0.6 is 11.6 Å². The molecule has 1 fully saturated rings. The van der Waals surface area contributed by atoms with Crippen LogP contribution in [0, 0.1) is 5.92 Å². The van der Waals surface area contributed by atoms with Crippen molar-refractivity contribution < 1.29 is 9.53 Å². The molecule has 110 valence electrons. The zero-order valence-corrected chi connectivity index (χ0v) is 12.4. The van der Waals surface area contributed by atoms with Crippen LogP contribution < -0.4 is 11.1 Å². The Morgan fingerprint density at radius 3 is 2.70 bits per heavy atom. The van der Waals surface area contributed by atoms with Gasteiger partial charge < -0.3 is 15.8 Å². The third-order valence-corrected chi connectivity index (χ3v) is 4.15. The number of halogens is 1. The number of carbonyl (C=O) groups excluding carboxylic acids is 1. The van der Waals surface area contributed by atoms with Crippen molar-refractivity contribution in [2.75, 3.05) is 13.2 Å². The predicted molar refractivity (Wildman–Crippen MR) is 79.5 cm³/mol. The van der Waals surface area contributed by atoms with Crippen LogP contribution in [0.2, 0.25) is 5.02 Å². The number of carbonyl (C=O) groups is 1. The molecular formula is C15H21ClN2O2. The summed E-state index contributed by atoms with van der Waals surface area (Å²) >= 11 is 6.13. The smallest absolute Gasteiger partial charge is 0.237 e. The van der Waals surface area contributed by atoms with E-state index in [9.17, 15) is 4.79 Å². The first-order valence-electron chi connectivity index (χ1n) is 6.97. The van der Waals surface area contributed by atoms with Crippen LogP contribution in [0.4, 0.5) is 0 Å². The second-order valence-corrected chi connectivity index (χ2v) is 5.63. The Balaban J connectivity index is 1.95. The summed E-state index contributed by atoms with van der Waals surface area (Å²) in [7, 11) is 0. The first kappa shape index (κ1) is 15.3. The molecule has 0 bridgehead atoms. The number of nitrogens with one attached hydrogen (secondary N) is 1. The first-order valence-corrected chi connectivity index (χ1v) is 7.35. The fraction of sp³-hybridized carbons (Fsp3) is 0.533. The standard InChI is InChI=1S/C15H21ClN2O2/c1-10(12-4-2-3-5-13(12)16)18-15(19)14(17)11-6-8-20-9-7-11/h2-5,10-11,14H,6-9,17H2,1H3,(H,18,19). The molecule has 0 spiro atoms. The monoisotopic (exact) mass is 296 g/mol. The second-order valence-electron chi connectivity index (χ2n) is 5.23. The highest BCUT2D eigenvalue weighted by Crippen LogP contribution is 2.23. The highest BCUT2D eigenvalue weighted by molar-refractivity contribution is 6.31. The molecule has 0 radical (unpaired) electrons. The molecule has 3 N–H and O–H groups in total. The van der Waals surface area contributed by atoms with Crippen molar-refractivity contribution in [3.8, 4) is 0 Å². The van der Waals surface area contributed by atoms with Gasteiger partial charge in [-0.15, -0.1) is 0 Å². The summed E-state index contributed by atoms with van der Waals surface area (Å²) in [6.45, 7) is 3.28. The quantitative estimate of drug-likeness (QED) is 0.896. The zero-order valence-electron chi connectivity index (χ0n) is 11.6. The maximum atomic E-state index is 12.2. The number of hydrogen-bond donors (Lipinski definition) is 2. The molecule has 2 unspecified atom stereocenters. The molecule has 20 heavy (non-hydrogen) atoms. The summed E-state index contributed by atoms with van der Waals surface area (Å²) < 4.78 is 5.29. The molecule has 1 amide bonds. The lowest BCUT2D eigenvalue weighted by Gasteiger charge is -2.28. The van der Waals surface area contributed by atoms with Crippen LogP contribution in [0.15, 0.2) is 24.3 Å². The van der Waals surface area contributed by atoms with E-state index < -0.39 is 6.04 Å². The number of rotatable bonds is 4. The van der Waals surface area contributed by atoms with Crippen molar-refractivity contribution in [2.45, 2.75) is 31.8 Å². The maximum Gasteiger partial charge on any atom is 0.237 e. The van der Waals surface area contributed by atoms with Crippen molar-refractivity contribution >= 4 is 17.5 Å². The van der Waals surface area contributed by atoms with Gasteiger partial charge in [0.1, 0.15) is 0 Å². The lowest BCUT2D eigenvalue weighted by Crippen LogP contribution is -2.47. The van der Waals surface area contributed by atoms with Gasteiger partial charge in [-0.25, -0.2) is 0 Å². The van der Waals surface area contributed by atoms with Crippen LogP contribution in [-0.2, 0) is 9.53 Å². The lowest BCUT2D eigenvalue weighted by molar-refractivity contribution is -0.125. The summed E-state index contributed by atoms with van der Waals surface area (Å²) in [6.07, 6.45) is 1.68. The Hall–Kier alpha value is -1.10. The highest BCUT2D eigenvalue weighted by atomic mass is 35.5. The molecule has 2 rings (SSSR count). The average Bonchev–Trinajstić information content (AvgIpc) is 2.47. The second kappa shape index (κ2) is 7.07. The van der Waals surface area contributed by atoms with E-state index in [1.807, 2.05) is 31.2 Å². The van der Waals surface area contributed by atoms with Gasteiger partial charge in [0.05, 0.1) is 12.1 Å². The van der Waals surface area contributed by atoms with Gasteiger partial charge in [0.25, 0.3) is 0 Å².